The van der Waals surface area contributed by atoms with Crippen LogP contribution in [0.1, 0.15) is 24.7 Å². The van der Waals surface area contributed by atoms with Crippen LogP contribution in [-0.4, -0.2) is 19.1 Å². The maximum Gasteiger partial charge on any atom is 0.141 e. The lowest BCUT2D eigenvalue weighted by Gasteiger charge is -2.11. The lowest BCUT2D eigenvalue weighted by Crippen LogP contribution is -2.09. The van der Waals surface area contributed by atoms with Crippen LogP contribution in [0.2, 0.25) is 5.02 Å². The van der Waals surface area contributed by atoms with Gasteiger partial charge in [0.25, 0.3) is 0 Å². The molecule has 2 aromatic heterocycles. The summed E-state index contributed by atoms with van der Waals surface area (Å²) in [4.78, 5) is 9.17. The predicted octanol–water partition coefficient (Wildman–Crippen LogP) is 5.02. The van der Waals surface area contributed by atoms with E-state index in [0.29, 0.717) is 17.9 Å². The third-order valence-electron chi connectivity index (χ3n) is 4.61. The Morgan fingerprint density at radius 3 is 2.82 bits per heavy atom. The van der Waals surface area contributed by atoms with Gasteiger partial charge in [0.2, 0.25) is 0 Å². The van der Waals surface area contributed by atoms with Gasteiger partial charge in [-0.2, -0.15) is 5.26 Å². The average Bonchev–Trinajstić information content (AvgIpc) is 3.29. The molecule has 28 heavy (non-hydrogen) atoms. The molecule has 0 aliphatic heterocycles. The Bertz CT molecular complexity index is 1200. The molecule has 0 radical (unpaired) electrons. The summed E-state index contributed by atoms with van der Waals surface area (Å²) in [5.74, 6) is 1.11. The minimum Gasteiger partial charge on any atom is -0.326 e. The molecule has 0 bridgehead atoms. The molecule has 2 heterocycles. The Labute approximate surface area is 166 Å². The number of aryl methyl sites for hydroxylation is 1. The largest absolute Gasteiger partial charge is 0.326 e. The number of hydrogen-bond donors (Lipinski definition) is 0. The Hall–Kier alpha value is -3.17. The average molecular weight is 394 g/mol. The Morgan fingerprint density at radius 1 is 1.21 bits per heavy atom. The molecule has 0 atom stereocenters. The van der Waals surface area contributed by atoms with Crippen LogP contribution >= 0.6 is 11.6 Å². The molecule has 0 saturated heterocycles. The van der Waals surface area contributed by atoms with E-state index in [4.69, 9.17) is 21.8 Å². The van der Waals surface area contributed by atoms with Crippen LogP contribution in [0.5, 0.6) is 0 Å². The third-order valence-corrected chi connectivity index (χ3v) is 4.90. The first kappa shape index (κ1) is 18.2. The smallest absolute Gasteiger partial charge is 0.141 e. The van der Waals surface area contributed by atoms with Crippen molar-refractivity contribution in [2.45, 2.75) is 26.4 Å². The molecule has 0 unspecified atom stereocenters. The van der Waals surface area contributed by atoms with Gasteiger partial charge in [0.1, 0.15) is 17.5 Å². The standard InChI is InChI=1S/C21H17ClFN5/c1-2-8-28-19-6-3-14(12-24)10-18(19)26-20(28)13-27-9-7-25-21(27)15-4-5-17(23)16(22)11-15/h3-7,9-11H,2,8,13H2,1H3. The minimum atomic E-state index is -0.457. The van der Waals surface area contributed by atoms with Gasteiger partial charge in [0.05, 0.1) is 34.2 Å². The van der Waals surface area contributed by atoms with E-state index in [1.807, 2.05) is 22.9 Å². The maximum absolute atomic E-state index is 13.5. The van der Waals surface area contributed by atoms with Crippen molar-refractivity contribution in [3.63, 3.8) is 0 Å². The fourth-order valence-electron chi connectivity index (χ4n) is 3.33. The number of rotatable bonds is 5. The van der Waals surface area contributed by atoms with Gasteiger partial charge in [-0.1, -0.05) is 18.5 Å². The number of nitriles is 1. The van der Waals surface area contributed by atoms with Crippen molar-refractivity contribution < 1.29 is 4.39 Å². The zero-order valence-electron chi connectivity index (χ0n) is 15.2. The molecule has 0 saturated carbocycles. The number of aromatic nitrogens is 4. The first-order valence-electron chi connectivity index (χ1n) is 8.96. The molecule has 4 aromatic rings. The van der Waals surface area contributed by atoms with Gasteiger partial charge >= 0.3 is 0 Å². The van der Waals surface area contributed by atoms with E-state index in [2.05, 4.69) is 22.5 Å². The van der Waals surface area contributed by atoms with Gasteiger partial charge < -0.3 is 9.13 Å². The lowest BCUT2D eigenvalue weighted by molar-refractivity contribution is 0.625. The van der Waals surface area contributed by atoms with Crippen LogP contribution in [-0.2, 0) is 13.1 Å². The van der Waals surface area contributed by atoms with Gasteiger partial charge in [-0.15, -0.1) is 0 Å². The summed E-state index contributed by atoms with van der Waals surface area (Å²) >= 11 is 5.94. The molecule has 140 valence electrons. The summed E-state index contributed by atoms with van der Waals surface area (Å²) in [6, 6.07) is 12.3. The summed E-state index contributed by atoms with van der Waals surface area (Å²) in [5.41, 5.74) is 3.13. The summed E-state index contributed by atoms with van der Waals surface area (Å²) in [5, 5.41) is 9.22. The number of benzene rings is 2. The van der Waals surface area contributed by atoms with E-state index in [-0.39, 0.29) is 5.02 Å². The topological polar surface area (TPSA) is 59.4 Å². The summed E-state index contributed by atoms with van der Waals surface area (Å²) in [6.45, 7) is 3.44. The molecule has 5 nitrogen and oxygen atoms in total. The molecule has 0 aliphatic carbocycles. The molecule has 0 amide bonds. The molecule has 0 fully saturated rings. The van der Waals surface area contributed by atoms with Gasteiger partial charge in [0, 0.05) is 24.5 Å². The van der Waals surface area contributed by atoms with E-state index in [0.717, 1.165) is 35.4 Å². The van der Waals surface area contributed by atoms with E-state index in [1.165, 1.54) is 6.07 Å². The second-order valence-electron chi connectivity index (χ2n) is 6.50. The summed E-state index contributed by atoms with van der Waals surface area (Å²) in [7, 11) is 0. The van der Waals surface area contributed by atoms with Crippen molar-refractivity contribution in [3.05, 3.63) is 71.0 Å². The van der Waals surface area contributed by atoms with Crippen LogP contribution in [0.3, 0.4) is 0 Å². The van der Waals surface area contributed by atoms with Gasteiger partial charge in [-0.25, -0.2) is 14.4 Å². The molecular formula is C21H17ClFN5. The van der Waals surface area contributed by atoms with Gasteiger partial charge in [-0.3, -0.25) is 0 Å². The predicted molar refractivity (Wildman–Crippen MR) is 106 cm³/mol. The van der Waals surface area contributed by atoms with E-state index in [1.54, 1.807) is 24.4 Å². The van der Waals surface area contributed by atoms with Crippen molar-refractivity contribution in [1.29, 1.82) is 5.26 Å². The van der Waals surface area contributed by atoms with Crippen molar-refractivity contribution >= 4 is 22.6 Å². The first-order valence-corrected chi connectivity index (χ1v) is 9.34. The molecule has 7 heteroatoms. The molecule has 2 aromatic carbocycles. The van der Waals surface area contributed by atoms with Crippen LogP contribution < -0.4 is 0 Å². The van der Waals surface area contributed by atoms with Gasteiger partial charge in [-0.05, 0) is 42.8 Å². The maximum atomic E-state index is 13.5. The second-order valence-corrected chi connectivity index (χ2v) is 6.91. The van der Waals surface area contributed by atoms with Crippen molar-refractivity contribution in [3.8, 4) is 17.5 Å². The van der Waals surface area contributed by atoms with Crippen molar-refractivity contribution in [1.82, 2.24) is 19.1 Å². The van der Waals surface area contributed by atoms with Crippen LogP contribution in [0.25, 0.3) is 22.4 Å². The number of halogens is 2. The van der Waals surface area contributed by atoms with E-state index in [9.17, 15) is 4.39 Å². The fourth-order valence-corrected chi connectivity index (χ4v) is 3.51. The number of hydrogen-bond acceptors (Lipinski definition) is 3. The Kier molecular flexibility index (Phi) is 4.84. The summed E-state index contributed by atoms with van der Waals surface area (Å²) < 4.78 is 17.6. The van der Waals surface area contributed by atoms with Crippen LogP contribution in [0, 0.1) is 17.1 Å². The fraction of sp³-hybridized carbons (Fsp3) is 0.190. The summed E-state index contributed by atoms with van der Waals surface area (Å²) in [6.07, 6.45) is 4.53. The molecule has 0 aliphatic rings. The Balaban J connectivity index is 1.77. The highest BCUT2D eigenvalue weighted by Gasteiger charge is 2.14. The third kappa shape index (κ3) is 3.25. The zero-order chi connectivity index (χ0) is 19.7. The molecule has 4 rings (SSSR count). The first-order chi connectivity index (χ1) is 13.6. The number of fused-ring (bicyclic) bond motifs is 1. The van der Waals surface area contributed by atoms with Gasteiger partial charge in [0.15, 0.2) is 0 Å². The van der Waals surface area contributed by atoms with Crippen LogP contribution in [0.4, 0.5) is 4.39 Å². The molecular weight excluding hydrogens is 377 g/mol. The Morgan fingerprint density at radius 2 is 2.07 bits per heavy atom. The second kappa shape index (κ2) is 7.45. The highest BCUT2D eigenvalue weighted by atomic mass is 35.5. The van der Waals surface area contributed by atoms with Crippen molar-refractivity contribution in [2.24, 2.45) is 0 Å². The minimum absolute atomic E-state index is 0.0642. The lowest BCUT2D eigenvalue weighted by atomic mass is 10.2. The van der Waals surface area contributed by atoms with E-state index >= 15 is 0 Å². The monoisotopic (exact) mass is 393 g/mol. The molecule has 0 spiro atoms. The number of nitrogens with zero attached hydrogens (tertiary/aromatic N) is 5. The highest BCUT2D eigenvalue weighted by molar-refractivity contribution is 6.31. The normalized spacial score (nSPS) is 11.1. The quantitative estimate of drug-likeness (QED) is 0.478. The van der Waals surface area contributed by atoms with Crippen LogP contribution in [0.15, 0.2) is 48.8 Å². The highest BCUT2D eigenvalue weighted by Crippen LogP contribution is 2.25. The molecule has 0 N–H and O–H groups in total. The number of imidazole rings is 2. The van der Waals surface area contributed by atoms with E-state index < -0.39 is 5.82 Å². The van der Waals surface area contributed by atoms with Crippen molar-refractivity contribution in [2.75, 3.05) is 0 Å². The SMILES string of the molecule is CCCn1c(Cn2ccnc2-c2ccc(F)c(Cl)c2)nc2cc(C#N)ccc21. The zero-order valence-corrected chi connectivity index (χ0v) is 16.0.